The molecule has 0 amide bonds. The summed E-state index contributed by atoms with van der Waals surface area (Å²) in [5.41, 5.74) is 6.67. The van der Waals surface area contributed by atoms with Gasteiger partial charge in [0, 0.05) is 11.9 Å². The van der Waals surface area contributed by atoms with Crippen molar-refractivity contribution in [3.05, 3.63) is 5.73 Å². The molecule has 1 radical (unpaired) electrons. The number of carboxylic acid groups (broad SMARTS) is 2. The minimum absolute atomic E-state index is 0. The fourth-order valence-corrected chi connectivity index (χ4v) is 0.380. The van der Waals surface area contributed by atoms with Crippen molar-refractivity contribution in [3.8, 4) is 0 Å². The van der Waals surface area contributed by atoms with Gasteiger partial charge < -0.3 is 25.5 Å². The molecule has 0 saturated heterocycles. The second-order valence-corrected chi connectivity index (χ2v) is 1.78. The van der Waals surface area contributed by atoms with Gasteiger partial charge in [-0.2, -0.15) is 0 Å². The predicted molar refractivity (Wildman–Crippen MR) is 27.4 cm³/mol. The number of carbonyl (C=O) groups excluding carboxylic acids is 2. The summed E-state index contributed by atoms with van der Waals surface area (Å²) in [4.78, 5) is 19.5. The van der Waals surface area contributed by atoms with Crippen molar-refractivity contribution in [1.82, 2.24) is 0 Å². The summed E-state index contributed by atoms with van der Waals surface area (Å²) >= 11 is 0. The van der Waals surface area contributed by atoms with E-state index in [1.165, 1.54) is 0 Å². The number of hydrogen-bond donors (Lipinski definition) is 0. The Bertz CT molecular complexity index is 149. The van der Waals surface area contributed by atoms with Crippen molar-refractivity contribution in [3.63, 3.8) is 0 Å². The third-order valence-electron chi connectivity index (χ3n) is 0.922. The first-order chi connectivity index (χ1) is 4.54. The van der Waals surface area contributed by atoms with Crippen LogP contribution in [0.3, 0.4) is 0 Å². The molecule has 1 atom stereocenters. The number of aliphatic carboxylic acids is 2. The van der Waals surface area contributed by atoms with Crippen molar-refractivity contribution in [2.45, 2.75) is 18.9 Å². The van der Waals surface area contributed by atoms with Gasteiger partial charge in [-0.1, -0.05) is 12.5 Å². The normalized spacial score (nSPS) is 11.4. The van der Waals surface area contributed by atoms with Gasteiger partial charge in [0.25, 0.3) is 0 Å². The maximum absolute atomic E-state index is 9.80. The van der Waals surface area contributed by atoms with Crippen LogP contribution in [0.15, 0.2) is 0 Å². The molecular formula is C5H6CrNO4. The third kappa shape index (κ3) is 7.33. The molecule has 0 heterocycles. The maximum Gasteiger partial charge on any atom is 3.00 e. The van der Waals surface area contributed by atoms with Crippen LogP contribution >= 0.6 is 0 Å². The zero-order chi connectivity index (χ0) is 8.15. The number of hydrogen-bond acceptors (Lipinski definition) is 4. The third-order valence-corrected chi connectivity index (χ3v) is 0.922. The molecule has 61 valence electrons. The predicted octanol–water partition coefficient (Wildman–Crippen LogP) is -2.32. The van der Waals surface area contributed by atoms with Gasteiger partial charge in [0.15, 0.2) is 0 Å². The molecule has 6 heteroatoms. The van der Waals surface area contributed by atoms with Crippen molar-refractivity contribution >= 4 is 11.9 Å². The summed E-state index contributed by atoms with van der Waals surface area (Å²) in [5, 5.41) is 19.5. The monoisotopic (exact) mass is 196 g/mol. The summed E-state index contributed by atoms with van der Waals surface area (Å²) in [5.74, 6) is -2.90. The zero-order valence-electron chi connectivity index (χ0n) is 5.53. The van der Waals surface area contributed by atoms with E-state index in [1.807, 2.05) is 0 Å². The van der Waals surface area contributed by atoms with E-state index in [0.29, 0.717) is 0 Å². The minimum atomic E-state index is -1.55. The molecule has 0 aliphatic heterocycles. The minimum Gasteiger partial charge on any atom is -0.670 e. The molecule has 0 aliphatic carbocycles. The molecule has 1 N–H and O–H groups in total. The van der Waals surface area contributed by atoms with Gasteiger partial charge in [-0.25, -0.2) is 0 Å². The van der Waals surface area contributed by atoms with Crippen LogP contribution in [-0.2, 0) is 27.0 Å². The van der Waals surface area contributed by atoms with E-state index in [4.69, 9.17) is 5.73 Å². The molecule has 0 spiro atoms. The van der Waals surface area contributed by atoms with E-state index in [1.54, 1.807) is 0 Å². The quantitative estimate of drug-likeness (QED) is 0.503. The Labute approximate surface area is 74.3 Å². The smallest absolute Gasteiger partial charge is 0.670 e. The zero-order valence-corrected chi connectivity index (χ0v) is 6.81. The number of carbonyl (C=O) groups is 2. The van der Waals surface area contributed by atoms with Gasteiger partial charge >= 0.3 is 17.4 Å². The Morgan fingerprint density at radius 2 is 1.82 bits per heavy atom. The van der Waals surface area contributed by atoms with Crippen LogP contribution in [0.5, 0.6) is 0 Å². The van der Waals surface area contributed by atoms with Crippen LogP contribution in [-0.4, -0.2) is 18.0 Å². The largest absolute Gasteiger partial charge is 3.00 e. The molecule has 0 bridgehead atoms. The van der Waals surface area contributed by atoms with E-state index >= 15 is 0 Å². The molecule has 0 aromatic rings. The van der Waals surface area contributed by atoms with Crippen LogP contribution in [0.4, 0.5) is 0 Å². The Hall–Kier alpha value is -0.568. The van der Waals surface area contributed by atoms with Crippen LogP contribution in [0.1, 0.15) is 12.8 Å². The second-order valence-electron chi connectivity index (χ2n) is 1.78. The van der Waals surface area contributed by atoms with Gasteiger partial charge in [-0.3, -0.25) is 0 Å². The molecule has 5 nitrogen and oxygen atoms in total. The Morgan fingerprint density at radius 3 is 2.09 bits per heavy atom. The van der Waals surface area contributed by atoms with Gasteiger partial charge in [0.05, 0.1) is 0 Å². The fraction of sp³-hybridized carbons (Fsp3) is 0.600. The van der Waals surface area contributed by atoms with E-state index in [2.05, 4.69) is 0 Å². The molecule has 0 rings (SSSR count). The summed E-state index contributed by atoms with van der Waals surface area (Å²) in [6.45, 7) is 0. The van der Waals surface area contributed by atoms with Crippen molar-refractivity contribution in [2.75, 3.05) is 0 Å². The topological polar surface area (TPSA) is 104 Å². The standard InChI is InChI=1S/C5H8NO4.Cr/c6-3(5(9)10)1-2-4(7)8;/h3,6H,1-2H2,(H,7,8)(H,9,10);/q-1;+3/p-2. The van der Waals surface area contributed by atoms with Crippen molar-refractivity contribution in [2.24, 2.45) is 0 Å². The van der Waals surface area contributed by atoms with Crippen LogP contribution in [0, 0.1) is 0 Å². The van der Waals surface area contributed by atoms with E-state index in [0.717, 1.165) is 0 Å². The van der Waals surface area contributed by atoms with Crippen LogP contribution in [0.25, 0.3) is 5.73 Å². The molecule has 0 aromatic carbocycles. The van der Waals surface area contributed by atoms with Crippen LogP contribution < -0.4 is 10.2 Å². The van der Waals surface area contributed by atoms with Crippen LogP contribution in [0.2, 0.25) is 0 Å². The molecule has 0 saturated carbocycles. The SMILES string of the molecule is [Cr+3].[NH-]C(CCC(=O)[O-])C(=O)[O-]. The summed E-state index contributed by atoms with van der Waals surface area (Å²) in [6, 6.07) is -1.46. The first kappa shape index (κ1) is 13.1. The Kier molecular flexibility index (Phi) is 7.31. The summed E-state index contributed by atoms with van der Waals surface area (Å²) < 4.78 is 0. The summed E-state index contributed by atoms with van der Waals surface area (Å²) in [7, 11) is 0. The molecule has 0 aliphatic rings. The molecule has 1 unspecified atom stereocenters. The average Bonchev–Trinajstić information content (AvgIpc) is 1.82. The molecule has 11 heavy (non-hydrogen) atoms. The Balaban J connectivity index is 0. The number of rotatable bonds is 4. The number of nitrogens with one attached hydrogen (secondary N) is 1. The molecule has 0 aromatic heterocycles. The van der Waals surface area contributed by atoms with Gasteiger partial charge in [0.1, 0.15) is 0 Å². The van der Waals surface area contributed by atoms with Gasteiger partial charge in [0.2, 0.25) is 0 Å². The van der Waals surface area contributed by atoms with Crippen molar-refractivity contribution in [1.29, 1.82) is 0 Å². The fourth-order valence-electron chi connectivity index (χ4n) is 0.380. The van der Waals surface area contributed by atoms with E-state index < -0.39 is 24.4 Å². The summed E-state index contributed by atoms with van der Waals surface area (Å²) in [6.07, 6.45) is -0.674. The first-order valence-corrected chi connectivity index (χ1v) is 2.66. The maximum atomic E-state index is 9.80. The van der Waals surface area contributed by atoms with Gasteiger partial charge in [-0.05, 0) is 6.42 Å². The molecule has 0 fully saturated rings. The second kappa shape index (κ2) is 6.16. The Morgan fingerprint density at radius 1 is 1.36 bits per heavy atom. The first-order valence-electron chi connectivity index (χ1n) is 2.66. The van der Waals surface area contributed by atoms with E-state index in [-0.39, 0.29) is 23.8 Å². The number of carboxylic acids is 2. The van der Waals surface area contributed by atoms with Crippen molar-refractivity contribution < 1.29 is 37.2 Å². The van der Waals surface area contributed by atoms with Gasteiger partial charge in [-0.15, -0.1) is 0 Å². The average molecular weight is 196 g/mol. The van der Waals surface area contributed by atoms with E-state index in [9.17, 15) is 19.8 Å². The molecular weight excluding hydrogens is 190 g/mol.